The van der Waals surface area contributed by atoms with Gasteiger partial charge >= 0.3 is 0 Å². The van der Waals surface area contributed by atoms with Crippen molar-refractivity contribution in [2.24, 2.45) is 5.73 Å². The Bertz CT molecular complexity index is 426. The minimum absolute atomic E-state index is 0.0561. The first-order valence-corrected chi connectivity index (χ1v) is 6.56. The Morgan fingerprint density at radius 3 is 2.31 bits per heavy atom. The quantitative estimate of drug-likeness (QED) is 0.720. The van der Waals surface area contributed by atoms with Gasteiger partial charge in [-0.05, 0) is 24.6 Å². The van der Waals surface area contributed by atoms with E-state index in [9.17, 15) is 8.42 Å². The van der Waals surface area contributed by atoms with Gasteiger partial charge in [0.05, 0.1) is 0 Å². The van der Waals surface area contributed by atoms with Gasteiger partial charge in [-0.15, -0.1) is 0 Å². The highest BCUT2D eigenvalue weighted by Gasteiger charge is 2.07. The predicted octanol–water partition coefficient (Wildman–Crippen LogP) is 0.972. The van der Waals surface area contributed by atoms with Crippen LogP contribution in [0.4, 0.5) is 5.69 Å². The summed E-state index contributed by atoms with van der Waals surface area (Å²) in [5.74, 6) is 0. The van der Waals surface area contributed by atoms with E-state index >= 15 is 0 Å². The average molecular weight is 243 g/mol. The Balaban J connectivity index is 2.76. The average Bonchev–Trinajstić information content (AvgIpc) is 2.17. The molecule has 5 nitrogen and oxygen atoms in total. The van der Waals surface area contributed by atoms with Gasteiger partial charge in [-0.1, -0.05) is 19.1 Å². The minimum atomic E-state index is -3.45. The first kappa shape index (κ1) is 13.0. The normalized spacial score (nSPS) is 13.4. The number of hydrogen-bond donors (Lipinski definition) is 3. The van der Waals surface area contributed by atoms with Crippen molar-refractivity contribution in [1.29, 1.82) is 0 Å². The number of rotatable bonds is 5. The Morgan fingerprint density at radius 1 is 1.31 bits per heavy atom. The lowest BCUT2D eigenvalue weighted by atomic mass is 10.1. The van der Waals surface area contributed by atoms with E-state index in [1.807, 2.05) is 6.92 Å². The summed E-state index contributed by atoms with van der Waals surface area (Å²) in [5, 5.41) is 0. The second kappa shape index (κ2) is 5.29. The zero-order valence-electron chi connectivity index (χ0n) is 9.40. The van der Waals surface area contributed by atoms with Gasteiger partial charge < -0.3 is 5.73 Å². The lowest BCUT2D eigenvalue weighted by Crippen LogP contribution is -2.29. The molecule has 0 amide bonds. The van der Waals surface area contributed by atoms with E-state index in [4.69, 9.17) is 5.73 Å². The molecule has 0 bridgehead atoms. The molecule has 0 aliphatic carbocycles. The van der Waals surface area contributed by atoms with E-state index in [0.717, 1.165) is 5.56 Å². The summed E-state index contributed by atoms with van der Waals surface area (Å²) >= 11 is 0. The molecule has 1 rings (SSSR count). The van der Waals surface area contributed by atoms with Crippen LogP contribution in [0.5, 0.6) is 0 Å². The lowest BCUT2D eigenvalue weighted by molar-refractivity contribution is 0.589. The highest BCUT2D eigenvalue weighted by Crippen LogP contribution is 2.14. The molecule has 1 aromatic carbocycles. The monoisotopic (exact) mass is 243 g/mol. The molecule has 0 spiro atoms. The second-order valence-corrected chi connectivity index (χ2v) is 5.01. The van der Waals surface area contributed by atoms with Crippen molar-refractivity contribution in [3.63, 3.8) is 0 Å². The van der Waals surface area contributed by atoms with Crippen molar-refractivity contribution in [3.8, 4) is 0 Å². The number of nitrogens with one attached hydrogen (secondary N) is 2. The third-order valence-electron chi connectivity index (χ3n) is 2.02. The summed E-state index contributed by atoms with van der Waals surface area (Å²) in [5.41, 5.74) is 7.17. The van der Waals surface area contributed by atoms with Crippen molar-refractivity contribution < 1.29 is 8.42 Å². The number of anilines is 1. The second-order valence-electron chi connectivity index (χ2n) is 3.51. The SMILES string of the molecule is CCNS(=O)(=O)Nc1ccc(C(C)N)cc1. The molecule has 16 heavy (non-hydrogen) atoms. The summed E-state index contributed by atoms with van der Waals surface area (Å²) in [6, 6.07) is 6.92. The van der Waals surface area contributed by atoms with Crippen molar-refractivity contribution in [3.05, 3.63) is 29.8 Å². The first-order valence-electron chi connectivity index (χ1n) is 5.07. The number of benzene rings is 1. The number of hydrogen-bond acceptors (Lipinski definition) is 3. The van der Waals surface area contributed by atoms with Gasteiger partial charge in [-0.2, -0.15) is 13.1 Å². The van der Waals surface area contributed by atoms with Gasteiger partial charge in [-0.25, -0.2) is 0 Å². The van der Waals surface area contributed by atoms with Crippen LogP contribution in [-0.2, 0) is 10.2 Å². The van der Waals surface area contributed by atoms with Gasteiger partial charge in [-0.3, -0.25) is 4.72 Å². The van der Waals surface area contributed by atoms with Crippen LogP contribution in [0.15, 0.2) is 24.3 Å². The highest BCUT2D eigenvalue weighted by molar-refractivity contribution is 7.90. The molecule has 90 valence electrons. The van der Waals surface area contributed by atoms with Crippen LogP contribution in [0.1, 0.15) is 25.5 Å². The Hall–Kier alpha value is -1.11. The standard InChI is InChI=1S/C10H17N3O2S/c1-3-12-16(14,15)13-10-6-4-9(5-7-10)8(2)11/h4-8,12-13H,3,11H2,1-2H3. The third kappa shape index (κ3) is 3.80. The van der Waals surface area contributed by atoms with Gasteiger partial charge in [0.1, 0.15) is 0 Å². The molecule has 1 unspecified atom stereocenters. The molecule has 0 fully saturated rings. The maximum atomic E-state index is 11.4. The molecule has 1 atom stereocenters. The van der Waals surface area contributed by atoms with Crippen LogP contribution in [0.25, 0.3) is 0 Å². The molecular weight excluding hydrogens is 226 g/mol. The molecule has 0 aliphatic rings. The van der Waals surface area contributed by atoms with Crippen molar-refractivity contribution in [2.75, 3.05) is 11.3 Å². The van der Waals surface area contributed by atoms with Gasteiger partial charge in [0.15, 0.2) is 0 Å². The maximum Gasteiger partial charge on any atom is 0.299 e. The smallest absolute Gasteiger partial charge is 0.299 e. The molecule has 0 heterocycles. The first-order chi connectivity index (χ1) is 7.44. The van der Waals surface area contributed by atoms with Crippen LogP contribution < -0.4 is 15.2 Å². The Morgan fingerprint density at radius 2 is 1.88 bits per heavy atom. The van der Waals surface area contributed by atoms with Gasteiger partial charge in [0.2, 0.25) is 0 Å². The van der Waals surface area contributed by atoms with Crippen molar-refractivity contribution in [1.82, 2.24) is 4.72 Å². The van der Waals surface area contributed by atoms with Crippen molar-refractivity contribution >= 4 is 15.9 Å². The van der Waals surface area contributed by atoms with E-state index in [2.05, 4.69) is 9.44 Å². The molecular formula is C10H17N3O2S. The molecule has 1 aromatic rings. The molecule has 6 heteroatoms. The summed E-state index contributed by atoms with van der Waals surface area (Å²) in [6.45, 7) is 3.95. The third-order valence-corrected chi connectivity index (χ3v) is 3.20. The van der Waals surface area contributed by atoms with Crippen LogP contribution in [0.2, 0.25) is 0 Å². The van der Waals surface area contributed by atoms with E-state index < -0.39 is 10.2 Å². The Labute approximate surface area is 96.2 Å². The fourth-order valence-electron chi connectivity index (χ4n) is 1.24. The highest BCUT2D eigenvalue weighted by atomic mass is 32.2. The van der Waals surface area contributed by atoms with Crippen LogP contribution in [0, 0.1) is 0 Å². The molecule has 0 radical (unpaired) electrons. The van der Waals surface area contributed by atoms with Crippen LogP contribution >= 0.6 is 0 Å². The zero-order valence-corrected chi connectivity index (χ0v) is 10.2. The minimum Gasteiger partial charge on any atom is -0.324 e. The molecule has 0 saturated carbocycles. The summed E-state index contributed by atoms with van der Waals surface area (Å²) in [4.78, 5) is 0. The van der Waals surface area contributed by atoms with Gasteiger partial charge in [0, 0.05) is 18.3 Å². The van der Waals surface area contributed by atoms with E-state index in [-0.39, 0.29) is 6.04 Å². The summed E-state index contributed by atoms with van der Waals surface area (Å²) in [7, 11) is -3.45. The summed E-state index contributed by atoms with van der Waals surface area (Å²) in [6.07, 6.45) is 0. The maximum absolute atomic E-state index is 11.4. The van der Waals surface area contributed by atoms with Crippen LogP contribution in [-0.4, -0.2) is 15.0 Å². The fraction of sp³-hybridized carbons (Fsp3) is 0.400. The van der Waals surface area contributed by atoms with E-state index in [1.165, 1.54) is 0 Å². The topological polar surface area (TPSA) is 84.2 Å². The summed E-state index contributed by atoms with van der Waals surface area (Å²) < 4.78 is 27.5. The van der Waals surface area contributed by atoms with Gasteiger partial charge in [0.25, 0.3) is 10.2 Å². The van der Waals surface area contributed by atoms with Crippen molar-refractivity contribution in [2.45, 2.75) is 19.9 Å². The molecule has 0 aliphatic heterocycles. The molecule has 0 saturated heterocycles. The number of nitrogens with two attached hydrogens (primary N) is 1. The van der Waals surface area contributed by atoms with E-state index in [1.54, 1.807) is 31.2 Å². The largest absolute Gasteiger partial charge is 0.324 e. The molecule has 4 N–H and O–H groups in total. The molecule has 0 aromatic heterocycles. The lowest BCUT2D eigenvalue weighted by Gasteiger charge is -2.09. The fourth-order valence-corrected chi connectivity index (χ4v) is 2.13. The Kier molecular flexibility index (Phi) is 4.28. The van der Waals surface area contributed by atoms with E-state index in [0.29, 0.717) is 12.2 Å². The van der Waals surface area contributed by atoms with Crippen LogP contribution in [0.3, 0.4) is 0 Å². The zero-order chi connectivity index (χ0) is 12.2. The predicted molar refractivity (Wildman–Crippen MR) is 65.3 cm³/mol.